The van der Waals surface area contributed by atoms with E-state index in [4.69, 9.17) is 4.42 Å². The number of oxazole rings is 1. The Hall–Kier alpha value is -2.10. The van der Waals surface area contributed by atoms with E-state index in [1.807, 2.05) is 18.2 Å². The van der Waals surface area contributed by atoms with Crippen LogP contribution >= 0.6 is 0 Å². The molecule has 0 fully saturated rings. The second-order valence-electron chi connectivity index (χ2n) is 4.44. The van der Waals surface area contributed by atoms with E-state index in [0.717, 1.165) is 12.1 Å². The molecule has 0 atom stereocenters. The third kappa shape index (κ3) is 4.58. The van der Waals surface area contributed by atoms with E-state index < -0.39 is 0 Å². The second kappa shape index (κ2) is 6.73. The molecule has 2 aromatic rings. The van der Waals surface area contributed by atoms with Gasteiger partial charge in [0.25, 0.3) is 0 Å². The van der Waals surface area contributed by atoms with Crippen molar-refractivity contribution >= 4 is 5.91 Å². The lowest BCUT2D eigenvalue weighted by atomic mass is 10.1. The Labute approximate surface area is 112 Å². The molecular weight excluding hydrogens is 240 g/mol. The molecule has 0 saturated carbocycles. The summed E-state index contributed by atoms with van der Waals surface area (Å²) in [6.07, 6.45) is 3.53. The lowest BCUT2D eigenvalue weighted by Crippen LogP contribution is -2.25. The van der Waals surface area contributed by atoms with Gasteiger partial charge in [0.15, 0.2) is 5.89 Å². The van der Waals surface area contributed by atoms with Gasteiger partial charge in [0.1, 0.15) is 6.26 Å². The minimum Gasteiger partial charge on any atom is -0.449 e. The number of benzene rings is 1. The first kappa shape index (κ1) is 13.3. The number of aromatic nitrogens is 1. The molecule has 0 radical (unpaired) electrons. The third-order valence-corrected chi connectivity index (χ3v) is 2.85. The van der Waals surface area contributed by atoms with Crippen LogP contribution < -0.4 is 5.32 Å². The average Bonchev–Trinajstić information content (AvgIpc) is 2.83. The number of aryl methyl sites for hydroxylation is 2. The van der Waals surface area contributed by atoms with Gasteiger partial charge in [0.05, 0.1) is 5.69 Å². The van der Waals surface area contributed by atoms with Crippen LogP contribution in [0.3, 0.4) is 0 Å². The topological polar surface area (TPSA) is 55.1 Å². The highest BCUT2D eigenvalue weighted by Crippen LogP contribution is 2.03. The maximum absolute atomic E-state index is 11.6. The van der Waals surface area contributed by atoms with E-state index in [9.17, 15) is 4.79 Å². The Kier molecular flexibility index (Phi) is 4.72. The summed E-state index contributed by atoms with van der Waals surface area (Å²) in [6.45, 7) is 2.46. The molecule has 0 saturated heterocycles. The largest absolute Gasteiger partial charge is 0.449 e. The molecule has 0 bridgehead atoms. The monoisotopic (exact) mass is 258 g/mol. The predicted molar refractivity (Wildman–Crippen MR) is 72.7 cm³/mol. The van der Waals surface area contributed by atoms with Gasteiger partial charge < -0.3 is 9.73 Å². The van der Waals surface area contributed by atoms with Crippen LogP contribution in [-0.4, -0.2) is 17.4 Å². The van der Waals surface area contributed by atoms with Crippen molar-refractivity contribution < 1.29 is 9.21 Å². The zero-order chi connectivity index (χ0) is 13.5. The van der Waals surface area contributed by atoms with Crippen LogP contribution in [0.15, 0.2) is 41.0 Å². The molecule has 2 rings (SSSR count). The second-order valence-corrected chi connectivity index (χ2v) is 4.44. The molecule has 1 amide bonds. The highest BCUT2D eigenvalue weighted by atomic mass is 16.3. The lowest BCUT2D eigenvalue weighted by Gasteiger charge is -2.04. The molecule has 1 aromatic carbocycles. The van der Waals surface area contributed by atoms with Gasteiger partial charge in [-0.3, -0.25) is 4.79 Å². The zero-order valence-electron chi connectivity index (χ0n) is 11.1. The Morgan fingerprint density at radius 3 is 2.74 bits per heavy atom. The standard InChI is InChI=1S/C15H18N2O2/c1-12-17-14(11-19-12)7-8-15(18)16-10-9-13-5-3-2-4-6-13/h2-6,11H,7-10H2,1H3,(H,16,18). The van der Waals surface area contributed by atoms with Crippen molar-refractivity contribution in [1.82, 2.24) is 10.3 Å². The Morgan fingerprint density at radius 1 is 1.26 bits per heavy atom. The number of amides is 1. The van der Waals surface area contributed by atoms with Crippen molar-refractivity contribution in [3.8, 4) is 0 Å². The maximum Gasteiger partial charge on any atom is 0.220 e. The van der Waals surface area contributed by atoms with Crippen LogP contribution in [-0.2, 0) is 17.6 Å². The SMILES string of the molecule is Cc1nc(CCC(=O)NCCc2ccccc2)co1. The maximum atomic E-state index is 11.6. The van der Waals surface area contributed by atoms with Crippen LogP contribution in [0.4, 0.5) is 0 Å². The van der Waals surface area contributed by atoms with Gasteiger partial charge in [0.2, 0.25) is 5.91 Å². The summed E-state index contributed by atoms with van der Waals surface area (Å²) in [6, 6.07) is 10.1. The van der Waals surface area contributed by atoms with Crippen LogP contribution in [0.5, 0.6) is 0 Å². The average molecular weight is 258 g/mol. The summed E-state index contributed by atoms with van der Waals surface area (Å²) in [5.41, 5.74) is 2.06. The third-order valence-electron chi connectivity index (χ3n) is 2.85. The lowest BCUT2D eigenvalue weighted by molar-refractivity contribution is -0.121. The summed E-state index contributed by atoms with van der Waals surface area (Å²) in [5, 5.41) is 2.91. The van der Waals surface area contributed by atoms with Crippen molar-refractivity contribution in [2.24, 2.45) is 0 Å². The summed E-state index contributed by atoms with van der Waals surface area (Å²) in [5.74, 6) is 0.691. The number of nitrogens with zero attached hydrogens (tertiary/aromatic N) is 1. The van der Waals surface area contributed by atoms with Gasteiger partial charge in [-0.2, -0.15) is 0 Å². The fourth-order valence-electron chi connectivity index (χ4n) is 1.84. The van der Waals surface area contributed by atoms with Crippen LogP contribution in [0, 0.1) is 6.92 Å². The van der Waals surface area contributed by atoms with Gasteiger partial charge in [-0.05, 0) is 12.0 Å². The number of carbonyl (C=O) groups is 1. The van der Waals surface area contributed by atoms with Crippen LogP contribution in [0.2, 0.25) is 0 Å². The molecule has 100 valence electrons. The molecular formula is C15H18N2O2. The summed E-state index contributed by atoms with van der Waals surface area (Å²) < 4.78 is 5.09. The summed E-state index contributed by atoms with van der Waals surface area (Å²) in [7, 11) is 0. The smallest absolute Gasteiger partial charge is 0.220 e. The summed E-state index contributed by atoms with van der Waals surface area (Å²) >= 11 is 0. The number of nitrogens with one attached hydrogen (secondary N) is 1. The molecule has 0 spiro atoms. The van der Waals surface area contributed by atoms with E-state index >= 15 is 0 Å². The number of rotatable bonds is 6. The molecule has 19 heavy (non-hydrogen) atoms. The normalized spacial score (nSPS) is 10.4. The summed E-state index contributed by atoms with van der Waals surface area (Å²) in [4.78, 5) is 15.8. The first-order chi connectivity index (χ1) is 9.24. The molecule has 0 unspecified atom stereocenters. The fraction of sp³-hybridized carbons (Fsp3) is 0.333. The van der Waals surface area contributed by atoms with Crippen molar-refractivity contribution in [2.75, 3.05) is 6.54 Å². The minimum absolute atomic E-state index is 0.0524. The van der Waals surface area contributed by atoms with E-state index in [-0.39, 0.29) is 5.91 Å². The molecule has 1 heterocycles. The first-order valence-electron chi connectivity index (χ1n) is 6.45. The molecule has 4 nitrogen and oxygen atoms in total. The zero-order valence-corrected chi connectivity index (χ0v) is 11.1. The van der Waals surface area contributed by atoms with Crippen molar-refractivity contribution in [3.05, 3.63) is 53.7 Å². The highest BCUT2D eigenvalue weighted by molar-refractivity contribution is 5.76. The van der Waals surface area contributed by atoms with Crippen molar-refractivity contribution in [2.45, 2.75) is 26.2 Å². The van der Waals surface area contributed by atoms with Gasteiger partial charge in [-0.15, -0.1) is 0 Å². The molecule has 4 heteroatoms. The number of carbonyl (C=O) groups excluding carboxylic acids is 1. The highest BCUT2D eigenvalue weighted by Gasteiger charge is 2.04. The van der Waals surface area contributed by atoms with Gasteiger partial charge in [0, 0.05) is 26.3 Å². The molecule has 0 aliphatic heterocycles. The van der Waals surface area contributed by atoms with Gasteiger partial charge in [-0.25, -0.2) is 4.98 Å². The Bertz CT molecular complexity index is 520. The van der Waals surface area contributed by atoms with Crippen LogP contribution in [0.1, 0.15) is 23.6 Å². The molecule has 1 N–H and O–H groups in total. The molecule has 0 aliphatic rings. The number of hydrogen-bond acceptors (Lipinski definition) is 3. The van der Waals surface area contributed by atoms with Crippen molar-refractivity contribution in [3.63, 3.8) is 0 Å². The molecule has 1 aromatic heterocycles. The first-order valence-corrected chi connectivity index (χ1v) is 6.45. The van der Waals surface area contributed by atoms with E-state index in [1.165, 1.54) is 5.56 Å². The Balaban J connectivity index is 1.65. The molecule has 0 aliphatic carbocycles. The van der Waals surface area contributed by atoms with Gasteiger partial charge >= 0.3 is 0 Å². The van der Waals surface area contributed by atoms with E-state index in [0.29, 0.717) is 25.3 Å². The number of hydrogen-bond donors (Lipinski definition) is 1. The predicted octanol–water partition coefficient (Wildman–Crippen LogP) is 2.27. The van der Waals surface area contributed by atoms with Gasteiger partial charge in [-0.1, -0.05) is 30.3 Å². The minimum atomic E-state index is 0.0524. The van der Waals surface area contributed by atoms with Crippen molar-refractivity contribution in [1.29, 1.82) is 0 Å². The van der Waals surface area contributed by atoms with E-state index in [2.05, 4.69) is 22.4 Å². The quantitative estimate of drug-likeness (QED) is 0.864. The Morgan fingerprint density at radius 2 is 2.05 bits per heavy atom. The van der Waals surface area contributed by atoms with Crippen LogP contribution in [0.25, 0.3) is 0 Å². The van der Waals surface area contributed by atoms with E-state index in [1.54, 1.807) is 13.2 Å². The fourth-order valence-corrected chi connectivity index (χ4v) is 1.84.